The van der Waals surface area contributed by atoms with Crippen LogP contribution >= 0.6 is 11.6 Å². The molecule has 0 aliphatic heterocycles. The predicted octanol–water partition coefficient (Wildman–Crippen LogP) is 4.25. The average molecular weight is 450 g/mol. The summed E-state index contributed by atoms with van der Waals surface area (Å²) in [4.78, 5) is 23.7. The Kier molecular flexibility index (Phi) is 8.03. The topological polar surface area (TPSA) is 91.9 Å². The standard InChI is InChI=1S/C22H29ClFN5O2/c1-13(23)8-16-14(2)25-10-17(16)21-27-11-18(24)22(29-21)26-9-15-6-4-5-7-19(15)28-20(30)12-31-3/h8,10-11,15,19,25H,4-7,9,12H2,1-3H3,(H,28,30)(H,26,27,29). The Morgan fingerprint density at radius 3 is 2.94 bits per heavy atom. The molecule has 9 heteroatoms. The Morgan fingerprint density at radius 2 is 2.19 bits per heavy atom. The number of amides is 1. The van der Waals surface area contributed by atoms with Crippen molar-refractivity contribution in [3.8, 4) is 11.4 Å². The minimum absolute atomic E-state index is 0.0315. The number of hydrogen-bond donors (Lipinski definition) is 3. The number of methoxy groups -OCH3 is 1. The quantitative estimate of drug-likeness (QED) is 0.560. The highest BCUT2D eigenvalue weighted by molar-refractivity contribution is 6.31. The first-order chi connectivity index (χ1) is 14.9. The number of carbonyl (C=O) groups is 1. The molecule has 0 radical (unpaired) electrons. The highest BCUT2D eigenvalue weighted by atomic mass is 35.5. The van der Waals surface area contributed by atoms with Gasteiger partial charge in [0.25, 0.3) is 0 Å². The molecule has 31 heavy (non-hydrogen) atoms. The Morgan fingerprint density at radius 1 is 1.42 bits per heavy atom. The van der Waals surface area contributed by atoms with E-state index in [9.17, 15) is 9.18 Å². The maximum Gasteiger partial charge on any atom is 0.246 e. The van der Waals surface area contributed by atoms with Gasteiger partial charge in [-0.15, -0.1) is 0 Å². The van der Waals surface area contributed by atoms with Crippen LogP contribution in [0.2, 0.25) is 0 Å². The highest BCUT2D eigenvalue weighted by Crippen LogP contribution is 2.28. The number of ether oxygens (including phenoxy) is 1. The summed E-state index contributed by atoms with van der Waals surface area (Å²) in [5.41, 5.74) is 2.55. The van der Waals surface area contributed by atoms with Crippen molar-refractivity contribution in [3.05, 3.63) is 34.5 Å². The zero-order chi connectivity index (χ0) is 22.4. The van der Waals surface area contributed by atoms with Gasteiger partial charge in [0.05, 0.1) is 6.20 Å². The van der Waals surface area contributed by atoms with E-state index in [1.165, 1.54) is 13.3 Å². The van der Waals surface area contributed by atoms with E-state index < -0.39 is 5.82 Å². The van der Waals surface area contributed by atoms with Gasteiger partial charge in [0.2, 0.25) is 5.91 Å². The lowest BCUT2D eigenvalue weighted by Gasteiger charge is -2.32. The van der Waals surface area contributed by atoms with Gasteiger partial charge in [0, 0.05) is 47.7 Å². The number of aryl methyl sites for hydroxylation is 1. The van der Waals surface area contributed by atoms with Crippen LogP contribution in [0.25, 0.3) is 17.5 Å². The molecule has 0 saturated heterocycles. The molecule has 2 heterocycles. The summed E-state index contributed by atoms with van der Waals surface area (Å²) in [6, 6.07) is 0.0315. The van der Waals surface area contributed by atoms with E-state index >= 15 is 0 Å². The van der Waals surface area contributed by atoms with Gasteiger partial charge in [0.1, 0.15) is 6.61 Å². The van der Waals surface area contributed by atoms with Crippen molar-refractivity contribution < 1.29 is 13.9 Å². The van der Waals surface area contributed by atoms with Crippen LogP contribution in [-0.2, 0) is 9.53 Å². The molecule has 3 rings (SSSR count). The van der Waals surface area contributed by atoms with E-state index in [0.29, 0.717) is 17.4 Å². The molecule has 7 nitrogen and oxygen atoms in total. The van der Waals surface area contributed by atoms with Crippen molar-refractivity contribution in [2.75, 3.05) is 25.6 Å². The molecule has 3 N–H and O–H groups in total. The second-order valence-electron chi connectivity index (χ2n) is 7.89. The van der Waals surface area contributed by atoms with Gasteiger partial charge in [-0.2, -0.15) is 0 Å². The predicted molar refractivity (Wildman–Crippen MR) is 120 cm³/mol. The van der Waals surface area contributed by atoms with Crippen LogP contribution in [0.3, 0.4) is 0 Å². The maximum atomic E-state index is 14.4. The molecule has 0 aromatic carbocycles. The number of aromatic amines is 1. The van der Waals surface area contributed by atoms with Crippen LogP contribution < -0.4 is 10.6 Å². The second kappa shape index (κ2) is 10.7. The lowest BCUT2D eigenvalue weighted by Crippen LogP contribution is -2.45. The summed E-state index contributed by atoms with van der Waals surface area (Å²) >= 11 is 6.06. The maximum absolute atomic E-state index is 14.4. The van der Waals surface area contributed by atoms with E-state index in [2.05, 4.69) is 25.6 Å². The van der Waals surface area contributed by atoms with Crippen molar-refractivity contribution in [2.45, 2.75) is 45.6 Å². The third kappa shape index (κ3) is 6.04. The third-order valence-corrected chi connectivity index (χ3v) is 5.63. The molecule has 1 aliphatic carbocycles. The summed E-state index contributed by atoms with van der Waals surface area (Å²) in [6.45, 7) is 4.27. The average Bonchev–Trinajstić information content (AvgIpc) is 3.08. The highest BCUT2D eigenvalue weighted by Gasteiger charge is 2.27. The van der Waals surface area contributed by atoms with Crippen LogP contribution in [0.4, 0.5) is 10.2 Å². The summed E-state index contributed by atoms with van der Waals surface area (Å²) in [6.07, 6.45) is 8.78. The number of carbonyl (C=O) groups excluding carboxylic acids is 1. The van der Waals surface area contributed by atoms with E-state index in [-0.39, 0.29) is 30.3 Å². The molecule has 0 bridgehead atoms. The fourth-order valence-electron chi connectivity index (χ4n) is 3.98. The first-order valence-electron chi connectivity index (χ1n) is 10.5. The Labute approximate surface area is 186 Å². The molecule has 1 fully saturated rings. The van der Waals surface area contributed by atoms with Crippen LogP contribution in [0.15, 0.2) is 17.4 Å². The molecule has 1 saturated carbocycles. The number of allylic oxidation sites excluding steroid dienone is 1. The van der Waals surface area contributed by atoms with Gasteiger partial charge < -0.3 is 20.4 Å². The number of hydrogen-bond acceptors (Lipinski definition) is 5. The molecular formula is C22H29ClFN5O2. The number of nitrogens with one attached hydrogen (secondary N) is 3. The van der Waals surface area contributed by atoms with E-state index in [1.807, 2.05) is 13.0 Å². The van der Waals surface area contributed by atoms with Gasteiger partial charge in [-0.25, -0.2) is 14.4 Å². The summed E-state index contributed by atoms with van der Waals surface area (Å²) in [5.74, 6) is 0.0875. The molecule has 0 spiro atoms. The molecule has 1 aliphatic rings. The lowest BCUT2D eigenvalue weighted by atomic mass is 9.84. The van der Waals surface area contributed by atoms with Crippen molar-refractivity contribution in [3.63, 3.8) is 0 Å². The zero-order valence-electron chi connectivity index (χ0n) is 18.1. The molecular weight excluding hydrogens is 421 g/mol. The zero-order valence-corrected chi connectivity index (χ0v) is 18.9. The van der Waals surface area contributed by atoms with Gasteiger partial charge >= 0.3 is 0 Å². The molecule has 2 aromatic rings. The van der Waals surface area contributed by atoms with Crippen molar-refractivity contribution in [1.29, 1.82) is 0 Å². The largest absolute Gasteiger partial charge is 0.375 e. The van der Waals surface area contributed by atoms with Gasteiger partial charge in [-0.1, -0.05) is 24.4 Å². The van der Waals surface area contributed by atoms with Gasteiger partial charge in [0.15, 0.2) is 17.5 Å². The monoisotopic (exact) mass is 449 g/mol. The Hall–Kier alpha value is -2.45. The number of aromatic nitrogens is 3. The van der Waals surface area contributed by atoms with Crippen LogP contribution in [-0.4, -0.2) is 47.2 Å². The third-order valence-electron chi connectivity index (χ3n) is 5.52. The fourth-order valence-corrected chi connectivity index (χ4v) is 4.09. The molecule has 2 unspecified atom stereocenters. The van der Waals surface area contributed by atoms with Crippen LogP contribution in [0.5, 0.6) is 0 Å². The second-order valence-corrected chi connectivity index (χ2v) is 8.49. The van der Waals surface area contributed by atoms with Crippen LogP contribution in [0.1, 0.15) is 43.9 Å². The molecule has 2 atom stereocenters. The molecule has 2 aromatic heterocycles. The van der Waals surface area contributed by atoms with E-state index in [1.54, 1.807) is 13.1 Å². The number of nitrogens with zero attached hydrogens (tertiary/aromatic N) is 2. The smallest absolute Gasteiger partial charge is 0.246 e. The van der Waals surface area contributed by atoms with Crippen molar-refractivity contribution >= 4 is 29.4 Å². The first kappa shape index (κ1) is 23.2. The van der Waals surface area contributed by atoms with E-state index in [4.69, 9.17) is 16.3 Å². The molecule has 1 amide bonds. The Bertz CT molecular complexity index is 942. The summed E-state index contributed by atoms with van der Waals surface area (Å²) in [7, 11) is 1.50. The lowest BCUT2D eigenvalue weighted by molar-refractivity contribution is -0.126. The number of halogens is 2. The van der Waals surface area contributed by atoms with Crippen molar-refractivity contribution in [1.82, 2.24) is 20.3 Å². The van der Waals surface area contributed by atoms with Crippen LogP contribution in [0, 0.1) is 18.7 Å². The number of rotatable bonds is 8. The molecule has 168 valence electrons. The normalized spacial score (nSPS) is 19.3. The summed E-state index contributed by atoms with van der Waals surface area (Å²) in [5, 5.41) is 6.80. The van der Waals surface area contributed by atoms with Gasteiger partial charge in [-0.3, -0.25) is 4.79 Å². The fraction of sp³-hybridized carbons (Fsp3) is 0.500. The summed E-state index contributed by atoms with van der Waals surface area (Å²) < 4.78 is 19.4. The number of anilines is 1. The number of H-pyrrole nitrogens is 1. The minimum Gasteiger partial charge on any atom is -0.375 e. The van der Waals surface area contributed by atoms with Gasteiger partial charge in [-0.05, 0) is 38.7 Å². The van der Waals surface area contributed by atoms with Crippen molar-refractivity contribution in [2.24, 2.45) is 5.92 Å². The minimum atomic E-state index is -0.516. The van der Waals surface area contributed by atoms with E-state index in [0.717, 1.165) is 42.5 Å². The SMILES string of the molecule is COCC(=O)NC1CCCCC1CNc1nc(-c2c[nH]c(C)c2C=C(C)Cl)ncc1F. The first-order valence-corrected chi connectivity index (χ1v) is 10.8. The Balaban J connectivity index is 1.75.